The average Bonchev–Trinajstić information content (AvgIpc) is 0.751. The van der Waals surface area contributed by atoms with Gasteiger partial charge in [-0.1, -0.05) is 348 Å². The Bertz CT molecular complexity index is 6010. The Hall–Kier alpha value is -10.6. The molecule has 21 atom stereocenters. The summed E-state index contributed by atoms with van der Waals surface area (Å²) in [5.74, 6) is -0.745. The number of esters is 1. The van der Waals surface area contributed by atoms with E-state index in [0.29, 0.717) is 22.3 Å². The summed E-state index contributed by atoms with van der Waals surface area (Å²) >= 11 is 0. The second-order valence-corrected chi connectivity index (χ2v) is 45.2. The van der Waals surface area contributed by atoms with Crippen molar-refractivity contribution >= 4 is 34.3 Å². The maximum atomic E-state index is 16.2. The first kappa shape index (κ1) is 102. The number of benzene rings is 12. The Balaban J connectivity index is 0.836. The monoisotopic (exact) mass is 1970 g/mol. The number of sulfonamides is 2. The predicted molar refractivity (Wildman–Crippen MR) is 528 cm³/mol. The van der Waals surface area contributed by atoms with E-state index in [-0.39, 0.29) is 94.6 Å². The van der Waals surface area contributed by atoms with Crippen LogP contribution in [0.1, 0.15) is 87.5 Å². The first-order chi connectivity index (χ1) is 68.7. The van der Waals surface area contributed by atoms with Crippen LogP contribution in [-0.2, 0) is 163 Å². The smallest absolute Gasteiger partial charge is 0.338 e. The summed E-state index contributed by atoms with van der Waals surface area (Å²) in [6.45, 7) is 9.22. The van der Waals surface area contributed by atoms with Crippen LogP contribution in [-0.4, -0.2) is 180 Å². The molecule has 0 amide bonds. The molecular weight excluding hydrogens is 1850 g/mol. The Kier molecular flexibility index (Phi) is 35.5. The summed E-state index contributed by atoms with van der Waals surface area (Å²) in [6.07, 6.45) is -26.6. The predicted octanol–water partition coefficient (Wildman–Crippen LogP) is 17.7. The zero-order chi connectivity index (χ0) is 97.4. The molecule has 29 heteroatoms. The van der Waals surface area contributed by atoms with E-state index in [9.17, 15) is 0 Å². The zero-order valence-corrected chi connectivity index (χ0v) is 82.0. The SMILES string of the molecule is CC(C)(C)[Si](C)(C)O[C@H]1O[C@H](COCc2ccccc2)[C@@H](O[C@@H]2O[C@H](COCc3ccccc3)[C@@H](O[C@@H]3O[C@@H]4CO[C@@H](c5ccccc5)O[C@H]4[C@H](O[C@H]4O[C@H](COCc5ccccc5)[C@@H](OCc5ccccc5)[C@H](OCc5ccccc5)[C@@H]4OC(=O)c4ccccc4)[C@@H]3OCc3ccccc3)[C@H](OCc3ccccc3)[C@H]2NS(=O)(=O)c2ccccc2)[C@H](OCc2ccccc2)[C@H]1NS(=O)(=O)c1ccccc1. The lowest BCUT2D eigenvalue weighted by Gasteiger charge is -2.54. The van der Waals surface area contributed by atoms with Crippen LogP contribution in [0.15, 0.2) is 374 Å². The van der Waals surface area contributed by atoms with E-state index in [4.69, 9.17) is 89.7 Å². The van der Waals surface area contributed by atoms with Gasteiger partial charge in [0.2, 0.25) is 20.0 Å². The molecule has 26 nitrogen and oxygen atoms in total. The molecule has 5 heterocycles. The summed E-state index contributed by atoms with van der Waals surface area (Å²) in [5, 5.41) is -0.481. The third kappa shape index (κ3) is 27.3. The maximum Gasteiger partial charge on any atom is 0.338 e. The number of fused-ring (bicyclic) bond motifs is 1. The standard InChI is InChI=1S/C112H122N2O24S2Si/c1-112(2,3)141(4,5)138-109-95(114-140(118,119)89-64-40-17-41-65-89)101(125-71-83-52-28-11-29-53-83)97(92(130-109)76-122-68-80-46-22-8-23-47-80)135-108-94(113-139(116,117)88-62-38-16-39-63-88)100(124-70-82-50-26-10-27-51-82)98(91(129-108)75-121-67-79-44-20-7-21-45-79)136-110-104(127-73-85-56-32-13-33-57-85)103(99-93(132-110)77-128-107(134-99)87-60-36-15-37-61-87)137-111-105(133-106(115)86-58-34-14-35-59-86)102(126-72-84-54-30-12-31-55-84)96(123-69-81-48-24-9-25-49-81)90(131-111)74-120-66-78-42-18-6-19-43-78/h6-65,90-105,107-111,113-114H,66-77H2,1-5H3/t90-,91-,92-,93-,94-,95-,96-,97-,98-,99-,100-,101-,102+,103+,104+,105+,107-,108+,109-,110+,111-/m1/s1. The molecule has 0 radical (unpaired) electrons. The van der Waals surface area contributed by atoms with Gasteiger partial charge in [-0.25, -0.2) is 31.1 Å². The lowest BCUT2D eigenvalue weighted by molar-refractivity contribution is -0.411. The van der Waals surface area contributed by atoms with Crippen molar-refractivity contribution in [2.45, 2.75) is 231 Å². The van der Waals surface area contributed by atoms with Crippen LogP contribution >= 0.6 is 0 Å². The van der Waals surface area contributed by atoms with Crippen LogP contribution in [0.3, 0.4) is 0 Å². The Morgan fingerprint density at radius 1 is 0.326 bits per heavy atom. The van der Waals surface area contributed by atoms with E-state index in [1.54, 1.807) is 66.7 Å². The molecule has 0 aromatic heterocycles. The van der Waals surface area contributed by atoms with Crippen molar-refractivity contribution in [1.29, 1.82) is 0 Å². The third-order valence-corrected chi connectivity index (χ3v) is 33.3. The summed E-state index contributed by atoms with van der Waals surface area (Å²) in [7, 11) is -12.4. The van der Waals surface area contributed by atoms with Crippen molar-refractivity contribution in [3.05, 3.63) is 420 Å². The van der Waals surface area contributed by atoms with Crippen molar-refractivity contribution in [3.8, 4) is 0 Å². The lowest BCUT2D eigenvalue weighted by Crippen LogP contribution is -2.72. The molecule has 0 aliphatic carbocycles. The maximum absolute atomic E-state index is 16.2. The number of hydrogen-bond acceptors (Lipinski definition) is 24. The molecule has 0 bridgehead atoms. The van der Waals surface area contributed by atoms with E-state index < -0.39 is 168 Å². The molecule has 141 heavy (non-hydrogen) atoms. The van der Waals surface area contributed by atoms with E-state index in [1.165, 1.54) is 24.3 Å². The van der Waals surface area contributed by atoms with Crippen LogP contribution in [0.2, 0.25) is 18.1 Å². The van der Waals surface area contributed by atoms with Gasteiger partial charge in [0.25, 0.3) is 0 Å². The fraction of sp³-hybridized carbons (Fsp3) is 0.348. The van der Waals surface area contributed by atoms with E-state index in [2.05, 4.69) is 30.2 Å². The van der Waals surface area contributed by atoms with Gasteiger partial charge in [0.05, 0.1) is 94.6 Å². The van der Waals surface area contributed by atoms with Gasteiger partial charge in [-0.2, -0.15) is 0 Å². The largest absolute Gasteiger partial charge is 0.450 e. The first-order valence-corrected chi connectivity index (χ1v) is 53.7. The Morgan fingerprint density at radius 3 is 1.03 bits per heavy atom. The van der Waals surface area contributed by atoms with Crippen LogP contribution in [0.5, 0.6) is 0 Å². The summed E-state index contributed by atoms with van der Waals surface area (Å²) in [6, 6.07) is 107. The minimum atomic E-state index is -4.78. The lowest BCUT2D eigenvalue weighted by atomic mass is 9.93. The first-order valence-electron chi connectivity index (χ1n) is 47.8. The minimum Gasteiger partial charge on any atom is -0.450 e. The van der Waals surface area contributed by atoms with Gasteiger partial charge >= 0.3 is 5.97 Å². The van der Waals surface area contributed by atoms with Gasteiger partial charge in [0.1, 0.15) is 91.4 Å². The number of carbonyl (C=O) groups excluding carboxylic acids is 1. The normalized spacial score (nSPS) is 26.1. The number of hydrogen-bond donors (Lipinski definition) is 2. The average molecular weight is 1970 g/mol. The van der Waals surface area contributed by atoms with E-state index >= 15 is 21.6 Å². The molecule has 0 spiro atoms. The third-order valence-electron chi connectivity index (χ3n) is 25.9. The number of carbonyl (C=O) groups is 1. The number of nitrogens with one attached hydrogen (secondary N) is 2. The van der Waals surface area contributed by atoms with Crippen molar-refractivity contribution in [2.75, 3.05) is 26.4 Å². The molecule has 740 valence electrons. The summed E-state index contributed by atoms with van der Waals surface area (Å²) in [4.78, 5) is 15.3. The molecule has 5 fully saturated rings. The van der Waals surface area contributed by atoms with Gasteiger partial charge in [-0.15, -0.1) is 0 Å². The summed E-state index contributed by atoms with van der Waals surface area (Å²) in [5.41, 5.74) is 7.04. The Labute approximate surface area is 826 Å². The quantitative estimate of drug-likeness (QED) is 0.0265. The van der Waals surface area contributed by atoms with Crippen molar-refractivity contribution in [1.82, 2.24) is 9.44 Å². The van der Waals surface area contributed by atoms with Crippen LogP contribution in [0.4, 0.5) is 0 Å². The molecule has 5 aliphatic heterocycles. The molecule has 5 aliphatic rings. The van der Waals surface area contributed by atoms with Crippen LogP contribution < -0.4 is 9.44 Å². The number of rotatable bonds is 44. The molecular formula is C112H122N2O24S2Si. The molecule has 0 saturated carbocycles. The highest BCUT2D eigenvalue weighted by Gasteiger charge is 2.62. The minimum absolute atomic E-state index is 0.00758. The van der Waals surface area contributed by atoms with Gasteiger partial charge < -0.3 is 89.7 Å². The van der Waals surface area contributed by atoms with E-state index in [0.717, 1.165) is 27.8 Å². The Morgan fingerprint density at radius 2 is 0.631 bits per heavy atom. The van der Waals surface area contributed by atoms with Gasteiger partial charge in [-0.3, -0.25) is 0 Å². The highest BCUT2D eigenvalue weighted by molar-refractivity contribution is 7.89. The van der Waals surface area contributed by atoms with Gasteiger partial charge in [-0.05, 0) is 99.0 Å². The fourth-order valence-corrected chi connectivity index (χ4v) is 21.1. The molecule has 5 saturated heterocycles. The van der Waals surface area contributed by atoms with Crippen LogP contribution in [0, 0.1) is 0 Å². The second kappa shape index (κ2) is 49.1. The van der Waals surface area contributed by atoms with Crippen LogP contribution in [0.25, 0.3) is 0 Å². The van der Waals surface area contributed by atoms with E-state index in [1.807, 2.05) is 286 Å². The van der Waals surface area contributed by atoms with Crippen molar-refractivity contribution < 1.29 is 111 Å². The van der Waals surface area contributed by atoms with Gasteiger partial charge in [0.15, 0.2) is 45.9 Å². The highest BCUT2D eigenvalue weighted by Crippen LogP contribution is 2.46. The second-order valence-electron chi connectivity index (χ2n) is 37.0. The summed E-state index contributed by atoms with van der Waals surface area (Å²) < 4.78 is 210. The van der Waals surface area contributed by atoms with Crippen molar-refractivity contribution in [3.63, 3.8) is 0 Å². The molecule has 17 rings (SSSR count). The molecule has 2 N–H and O–H groups in total. The topological polar surface area (TPSA) is 285 Å². The highest BCUT2D eigenvalue weighted by atomic mass is 32.2. The molecule has 12 aromatic carbocycles. The van der Waals surface area contributed by atoms with Gasteiger partial charge in [0, 0.05) is 5.56 Å². The zero-order valence-electron chi connectivity index (χ0n) is 79.4. The fourth-order valence-electron chi connectivity index (χ4n) is 17.5. The number of ether oxygens (including phenoxy) is 18. The molecule has 12 aromatic rings. The molecule has 0 unspecified atom stereocenters. The van der Waals surface area contributed by atoms with Crippen molar-refractivity contribution in [2.24, 2.45) is 0 Å².